The van der Waals surface area contributed by atoms with E-state index in [2.05, 4.69) is 0 Å². The maximum absolute atomic E-state index is 13.1. The van der Waals surface area contributed by atoms with Crippen LogP contribution in [0.3, 0.4) is 0 Å². The standard InChI is InChI=1S/C12H16F2O2/c1-8(15)6-9-7-10(12(2,13)14)4-5-11(9)16-3/h4-5,7-8,15H,6H2,1-3H3. The number of halogens is 2. The first-order valence-corrected chi connectivity index (χ1v) is 5.08. The normalized spacial score (nSPS) is 13.6. The van der Waals surface area contributed by atoms with Crippen LogP contribution >= 0.6 is 0 Å². The predicted octanol–water partition coefficient (Wildman–Crippen LogP) is 2.73. The lowest BCUT2D eigenvalue weighted by atomic mass is 10.0. The molecule has 4 heteroatoms. The third-order valence-corrected chi connectivity index (χ3v) is 2.30. The van der Waals surface area contributed by atoms with Crippen molar-refractivity contribution in [3.8, 4) is 5.75 Å². The first kappa shape index (κ1) is 12.9. The van der Waals surface area contributed by atoms with Crippen LogP contribution in [0.15, 0.2) is 18.2 Å². The number of hydrogen-bond acceptors (Lipinski definition) is 2. The molecule has 1 N–H and O–H groups in total. The van der Waals surface area contributed by atoms with Crippen molar-refractivity contribution in [3.05, 3.63) is 29.3 Å². The van der Waals surface area contributed by atoms with Crippen LogP contribution in [0.2, 0.25) is 0 Å². The topological polar surface area (TPSA) is 29.5 Å². The molecule has 0 saturated heterocycles. The van der Waals surface area contributed by atoms with Crippen molar-refractivity contribution >= 4 is 0 Å². The van der Waals surface area contributed by atoms with Crippen molar-refractivity contribution in [3.63, 3.8) is 0 Å². The van der Waals surface area contributed by atoms with E-state index in [0.717, 1.165) is 6.92 Å². The van der Waals surface area contributed by atoms with Gasteiger partial charge in [0.1, 0.15) is 5.75 Å². The van der Waals surface area contributed by atoms with E-state index in [1.807, 2.05) is 0 Å². The van der Waals surface area contributed by atoms with Crippen LogP contribution < -0.4 is 4.74 Å². The smallest absolute Gasteiger partial charge is 0.270 e. The lowest BCUT2D eigenvalue weighted by Crippen LogP contribution is -2.10. The molecule has 0 saturated carbocycles. The molecule has 0 amide bonds. The van der Waals surface area contributed by atoms with Crippen molar-refractivity contribution in [2.75, 3.05) is 7.11 Å². The van der Waals surface area contributed by atoms with Gasteiger partial charge in [-0.05, 0) is 30.7 Å². The zero-order chi connectivity index (χ0) is 12.3. The summed E-state index contributed by atoms with van der Waals surface area (Å²) in [6.07, 6.45) is -0.290. The molecule has 0 spiro atoms. The highest BCUT2D eigenvalue weighted by atomic mass is 19.3. The van der Waals surface area contributed by atoms with Gasteiger partial charge in [0.2, 0.25) is 0 Å². The molecule has 1 aromatic carbocycles. The molecule has 0 aliphatic heterocycles. The number of hydrogen-bond donors (Lipinski definition) is 1. The zero-order valence-electron chi connectivity index (χ0n) is 9.63. The van der Waals surface area contributed by atoms with Crippen molar-refractivity contribution in [2.45, 2.75) is 32.3 Å². The van der Waals surface area contributed by atoms with Crippen LogP contribution in [-0.4, -0.2) is 18.3 Å². The van der Waals surface area contributed by atoms with Gasteiger partial charge in [-0.2, -0.15) is 0 Å². The van der Waals surface area contributed by atoms with Gasteiger partial charge in [0.05, 0.1) is 13.2 Å². The van der Waals surface area contributed by atoms with Gasteiger partial charge in [-0.3, -0.25) is 0 Å². The Kier molecular flexibility index (Phi) is 3.86. The predicted molar refractivity (Wildman–Crippen MR) is 57.9 cm³/mol. The van der Waals surface area contributed by atoms with Gasteiger partial charge in [0.25, 0.3) is 5.92 Å². The molecule has 16 heavy (non-hydrogen) atoms. The second-order valence-electron chi connectivity index (χ2n) is 3.97. The number of rotatable bonds is 4. The minimum Gasteiger partial charge on any atom is -0.496 e. The highest BCUT2D eigenvalue weighted by molar-refractivity contribution is 5.39. The van der Waals surface area contributed by atoms with Crippen LogP contribution in [0.4, 0.5) is 8.78 Å². The summed E-state index contributed by atoms with van der Waals surface area (Å²) < 4.78 is 31.3. The van der Waals surface area contributed by atoms with E-state index in [-0.39, 0.29) is 5.56 Å². The Labute approximate surface area is 93.9 Å². The average molecular weight is 230 g/mol. The SMILES string of the molecule is COc1ccc(C(C)(F)F)cc1CC(C)O. The molecule has 1 unspecified atom stereocenters. The first-order valence-electron chi connectivity index (χ1n) is 5.08. The summed E-state index contributed by atoms with van der Waals surface area (Å²) >= 11 is 0. The molecule has 0 aliphatic carbocycles. The molecule has 0 aromatic heterocycles. The monoisotopic (exact) mass is 230 g/mol. The van der Waals surface area contributed by atoms with Gasteiger partial charge < -0.3 is 9.84 Å². The number of benzene rings is 1. The van der Waals surface area contributed by atoms with Crippen LogP contribution in [0, 0.1) is 0 Å². The lowest BCUT2D eigenvalue weighted by molar-refractivity contribution is 0.0173. The molecule has 0 heterocycles. The number of methoxy groups -OCH3 is 1. The minimum absolute atomic E-state index is 0.0658. The molecule has 1 rings (SSSR count). The fraction of sp³-hybridized carbons (Fsp3) is 0.500. The Balaban J connectivity index is 3.11. The first-order chi connectivity index (χ1) is 7.34. The molecule has 2 nitrogen and oxygen atoms in total. The summed E-state index contributed by atoms with van der Waals surface area (Å²) in [4.78, 5) is 0. The van der Waals surface area contributed by atoms with Gasteiger partial charge in [-0.15, -0.1) is 0 Å². The Morgan fingerprint density at radius 3 is 2.50 bits per heavy atom. The molecule has 1 atom stereocenters. The second kappa shape index (κ2) is 4.78. The van der Waals surface area contributed by atoms with Crippen LogP contribution in [0.25, 0.3) is 0 Å². The van der Waals surface area contributed by atoms with Crippen molar-refractivity contribution in [1.82, 2.24) is 0 Å². The summed E-state index contributed by atoms with van der Waals surface area (Å²) in [5.41, 5.74) is 0.528. The summed E-state index contributed by atoms with van der Waals surface area (Å²) in [7, 11) is 1.48. The van der Waals surface area contributed by atoms with E-state index in [1.165, 1.54) is 25.3 Å². The Morgan fingerprint density at radius 2 is 2.06 bits per heavy atom. The summed E-state index contributed by atoms with van der Waals surface area (Å²) in [6.45, 7) is 2.46. The van der Waals surface area contributed by atoms with E-state index in [9.17, 15) is 13.9 Å². The fourth-order valence-corrected chi connectivity index (χ4v) is 1.53. The van der Waals surface area contributed by atoms with Crippen molar-refractivity contribution in [1.29, 1.82) is 0 Å². The Bertz CT molecular complexity index is 357. The summed E-state index contributed by atoms with van der Waals surface area (Å²) in [5.74, 6) is -2.35. The third kappa shape index (κ3) is 3.17. The number of alkyl halides is 2. The van der Waals surface area contributed by atoms with Crippen LogP contribution in [-0.2, 0) is 12.3 Å². The van der Waals surface area contributed by atoms with E-state index in [4.69, 9.17) is 4.74 Å². The highest BCUT2D eigenvalue weighted by Gasteiger charge is 2.25. The van der Waals surface area contributed by atoms with Crippen molar-refractivity contribution in [2.24, 2.45) is 0 Å². The molecule has 0 bridgehead atoms. The highest BCUT2D eigenvalue weighted by Crippen LogP contribution is 2.31. The molecular formula is C12H16F2O2. The van der Waals surface area contributed by atoms with Gasteiger partial charge in [0, 0.05) is 18.9 Å². The minimum atomic E-state index is -2.88. The van der Waals surface area contributed by atoms with Crippen LogP contribution in [0.1, 0.15) is 25.0 Å². The number of ether oxygens (including phenoxy) is 1. The van der Waals surface area contributed by atoms with Gasteiger partial charge in [0.15, 0.2) is 0 Å². The lowest BCUT2D eigenvalue weighted by Gasteiger charge is -2.15. The van der Waals surface area contributed by atoms with Gasteiger partial charge in [-0.25, -0.2) is 8.78 Å². The zero-order valence-corrected chi connectivity index (χ0v) is 9.63. The summed E-state index contributed by atoms with van der Waals surface area (Å²) in [5, 5.41) is 9.28. The Hall–Kier alpha value is -1.16. The van der Waals surface area contributed by atoms with E-state index >= 15 is 0 Å². The average Bonchev–Trinajstić information content (AvgIpc) is 2.15. The maximum atomic E-state index is 13.1. The van der Waals surface area contributed by atoms with Crippen molar-refractivity contribution < 1.29 is 18.6 Å². The second-order valence-corrected chi connectivity index (χ2v) is 3.97. The van der Waals surface area contributed by atoms with Gasteiger partial charge in [-0.1, -0.05) is 0 Å². The maximum Gasteiger partial charge on any atom is 0.270 e. The van der Waals surface area contributed by atoms with E-state index < -0.39 is 12.0 Å². The fourth-order valence-electron chi connectivity index (χ4n) is 1.53. The van der Waals surface area contributed by atoms with E-state index in [1.54, 1.807) is 6.92 Å². The number of aliphatic hydroxyl groups is 1. The molecule has 0 aliphatic rings. The Morgan fingerprint density at radius 1 is 1.44 bits per heavy atom. The van der Waals surface area contributed by atoms with Gasteiger partial charge >= 0.3 is 0 Å². The van der Waals surface area contributed by atoms with E-state index in [0.29, 0.717) is 17.7 Å². The third-order valence-electron chi connectivity index (χ3n) is 2.30. The molecule has 90 valence electrons. The molecular weight excluding hydrogens is 214 g/mol. The molecule has 0 fully saturated rings. The quantitative estimate of drug-likeness (QED) is 0.861. The van der Waals surface area contributed by atoms with Crippen LogP contribution in [0.5, 0.6) is 5.75 Å². The number of aliphatic hydroxyl groups excluding tert-OH is 1. The largest absolute Gasteiger partial charge is 0.496 e. The summed E-state index contributed by atoms with van der Waals surface area (Å²) in [6, 6.07) is 4.22. The molecule has 1 aromatic rings. The molecule has 0 radical (unpaired) electrons.